The van der Waals surface area contributed by atoms with Crippen LogP contribution in [0.15, 0.2) is 29.3 Å². The maximum atomic E-state index is 12.9. The van der Waals surface area contributed by atoms with E-state index in [0.717, 1.165) is 28.2 Å². The lowest BCUT2D eigenvalue weighted by molar-refractivity contribution is -0.130. The maximum Gasteiger partial charge on any atom is 0.256 e. The van der Waals surface area contributed by atoms with Crippen molar-refractivity contribution in [3.05, 3.63) is 63.2 Å². The van der Waals surface area contributed by atoms with E-state index in [-0.39, 0.29) is 11.5 Å². The predicted molar refractivity (Wildman–Crippen MR) is 102 cm³/mol. The second-order valence-electron chi connectivity index (χ2n) is 7.14. The number of nitrogens with zero attached hydrogens (tertiary/aromatic N) is 5. The van der Waals surface area contributed by atoms with Crippen molar-refractivity contribution in [2.75, 3.05) is 13.1 Å². The molecule has 3 aromatic heterocycles. The summed E-state index contributed by atoms with van der Waals surface area (Å²) in [5.41, 5.74) is 4.42. The third-order valence-corrected chi connectivity index (χ3v) is 5.44. The number of carbonyl (C=O) groups is 1. The molecule has 7 heteroatoms. The molecule has 27 heavy (non-hydrogen) atoms. The lowest BCUT2D eigenvalue weighted by atomic mass is 10.1. The molecule has 0 spiro atoms. The number of aromatic nitrogens is 4. The molecule has 1 amide bonds. The third-order valence-electron chi connectivity index (χ3n) is 5.44. The SMILES string of the molecule is Cc1cccn2c(CC(=O)N3CCc4nc(C)n(C)c(=O)c4CC3)cnc12. The number of rotatable bonds is 2. The maximum absolute atomic E-state index is 12.9. The van der Waals surface area contributed by atoms with Gasteiger partial charge < -0.3 is 9.30 Å². The summed E-state index contributed by atoms with van der Waals surface area (Å²) in [4.78, 5) is 36.2. The minimum Gasteiger partial charge on any atom is -0.342 e. The summed E-state index contributed by atoms with van der Waals surface area (Å²) < 4.78 is 3.55. The molecule has 0 fully saturated rings. The minimum atomic E-state index is 0.00376. The molecule has 140 valence electrons. The van der Waals surface area contributed by atoms with Crippen molar-refractivity contribution in [1.82, 2.24) is 23.8 Å². The van der Waals surface area contributed by atoms with E-state index < -0.39 is 0 Å². The fourth-order valence-electron chi connectivity index (χ4n) is 3.72. The Kier molecular flexibility index (Phi) is 4.30. The Labute approximate surface area is 157 Å². The van der Waals surface area contributed by atoms with Crippen LogP contribution in [0.4, 0.5) is 0 Å². The topological polar surface area (TPSA) is 72.5 Å². The molecule has 7 nitrogen and oxygen atoms in total. The molecule has 0 N–H and O–H groups in total. The molecule has 3 aromatic rings. The summed E-state index contributed by atoms with van der Waals surface area (Å²) in [6.07, 6.45) is 5.17. The molecule has 0 aliphatic carbocycles. The van der Waals surface area contributed by atoms with Crippen molar-refractivity contribution in [3.8, 4) is 0 Å². The molecule has 1 aliphatic rings. The normalized spacial score (nSPS) is 14.3. The second-order valence-corrected chi connectivity index (χ2v) is 7.14. The van der Waals surface area contributed by atoms with Gasteiger partial charge in [-0.3, -0.25) is 14.2 Å². The van der Waals surface area contributed by atoms with Crippen molar-refractivity contribution in [1.29, 1.82) is 0 Å². The van der Waals surface area contributed by atoms with Gasteiger partial charge in [-0.15, -0.1) is 0 Å². The summed E-state index contributed by atoms with van der Waals surface area (Å²) in [6.45, 7) is 4.97. The van der Waals surface area contributed by atoms with Gasteiger partial charge in [-0.05, 0) is 31.9 Å². The number of hydrogen-bond acceptors (Lipinski definition) is 4. The smallest absolute Gasteiger partial charge is 0.256 e. The summed E-state index contributed by atoms with van der Waals surface area (Å²) in [7, 11) is 1.74. The highest BCUT2D eigenvalue weighted by atomic mass is 16.2. The molecular formula is C20H23N5O2. The van der Waals surface area contributed by atoms with E-state index in [1.165, 1.54) is 0 Å². The van der Waals surface area contributed by atoms with Crippen LogP contribution in [0, 0.1) is 13.8 Å². The first kappa shape index (κ1) is 17.5. The molecule has 1 aliphatic heterocycles. The van der Waals surface area contributed by atoms with E-state index in [9.17, 15) is 9.59 Å². The van der Waals surface area contributed by atoms with Gasteiger partial charge in [0.2, 0.25) is 5.91 Å². The van der Waals surface area contributed by atoms with Crippen LogP contribution in [-0.2, 0) is 31.1 Å². The molecule has 0 bridgehead atoms. The van der Waals surface area contributed by atoms with Crippen LogP contribution in [0.2, 0.25) is 0 Å². The van der Waals surface area contributed by atoms with Crippen molar-refractivity contribution in [2.24, 2.45) is 7.05 Å². The zero-order chi connectivity index (χ0) is 19.1. The van der Waals surface area contributed by atoms with Crippen molar-refractivity contribution in [2.45, 2.75) is 33.1 Å². The van der Waals surface area contributed by atoms with E-state index >= 15 is 0 Å². The van der Waals surface area contributed by atoms with Gasteiger partial charge in [-0.2, -0.15) is 0 Å². The average Bonchev–Trinajstić information content (AvgIpc) is 2.93. The minimum absolute atomic E-state index is 0.00376. The fraction of sp³-hybridized carbons (Fsp3) is 0.400. The zero-order valence-electron chi connectivity index (χ0n) is 15.9. The lowest BCUT2D eigenvalue weighted by Crippen LogP contribution is -2.35. The van der Waals surface area contributed by atoms with Gasteiger partial charge in [0, 0.05) is 44.5 Å². The Bertz CT molecular complexity index is 1100. The number of pyridine rings is 1. The van der Waals surface area contributed by atoms with E-state index in [1.807, 2.05) is 41.5 Å². The highest BCUT2D eigenvalue weighted by molar-refractivity contribution is 5.78. The van der Waals surface area contributed by atoms with E-state index in [2.05, 4.69) is 9.97 Å². The summed E-state index contributed by atoms with van der Waals surface area (Å²) in [6, 6.07) is 3.97. The summed E-state index contributed by atoms with van der Waals surface area (Å²) in [5, 5.41) is 0. The Hall–Kier alpha value is -2.96. The van der Waals surface area contributed by atoms with Crippen molar-refractivity contribution in [3.63, 3.8) is 0 Å². The molecule has 0 unspecified atom stereocenters. The molecule has 0 radical (unpaired) electrons. The third kappa shape index (κ3) is 3.03. The quantitative estimate of drug-likeness (QED) is 0.684. The van der Waals surface area contributed by atoms with Gasteiger partial charge in [0.05, 0.1) is 17.8 Å². The first-order valence-electron chi connectivity index (χ1n) is 9.20. The Morgan fingerprint density at radius 1 is 1.22 bits per heavy atom. The van der Waals surface area contributed by atoms with Gasteiger partial charge in [-0.25, -0.2) is 9.97 Å². The molecule has 0 saturated heterocycles. The number of hydrogen-bond donors (Lipinski definition) is 0. The molecular weight excluding hydrogens is 342 g/mol. The first-order valence-corrected chi connectivity index (χ1v) is 9.20. The van der Waals surface area contributed by atoms with Crippen LogP contribution in [-0.4, -0.2) is 42.8 Å². The second kappa shape index (κ2) is 6.64. The van der Waals surface area contributed by atoms with Gasteiger partial charge in [-0.1, -0.05) is 6.07 Å². The monoisotopic (exact) mass is 365 g/mol. The molecule has 0 saturated carbocycles. The van der Waals surface area contributed by atoms with Crippen LogP contribution in [0.5, 0.6) is 0 Å². The number of carbonyl (C=O) groups excluding carboxylic acids is 1. The largest absolute Gasteiger partial charge is 0.342 e. The molecule has 4 heterocycles. The van der Waals surface area contributed by atoms with Crippen LogP contribution in [0.1, 0.15) is 28.3 Å². The van der Waals surface area contributed by atoms with Gasteiger partial charge in [0.1, 0.15) is 11.5 Å². The van der Waals surface area contributed by atoms with Crippen molar-refractivity contribution < 1.29 is 4.79 Å². The zero-order valence-corrected chi connectivity index (χ0v) is 15.9. The fourth-order valence-corrected chi connectivity index (χ4v) is 3.72. The summed E-state index contributed by atoms with van der Waals surface area (Å²) >= 11 is 0. The Balaban J connectivity index is 1.54. The van der Waals surface area contributed by atoms with Crippen molar-refractivity contribution >= 4 is 11.6 Å². The summed E-state index contributed by atoms with van der Waals surface area (Å²) in [5.74, 6) is 0.763. The highest BCUT2D eigenvalue weighted by Gasteiger charge is 2.23. The van der Waals surface area contributed by atoms with E-state index in [1.54, 1.807) is 17.8 Å². The van der Waals surface area contributed by atoms with Gasteiger partial charge in [0.15, 0.2) is 0 Å². The average molecular weight is 365 g/mol. The van der Waals surface area contributed by atoms with Crippen LogP contribution in [0.3, 0.4) is 0 Å². The van der Waals surface area contributed by atoms with Gasteiger partial charge >= 0.3 is 0 Å². The van der Waals surface area contributed by atoms with Gasteiger partial charge in [0.25, 0.3) is 5.56 Å². The number of aryl methyl sites for hydroxylation is 2. The predicted octanol–water partition coefficient (Wildman–Crippen LogP) is 1.21. The molecule has 0 atom stereocenters. The van der Waals surface area contributed by atoms with E-state index in [4.69, 9.17) is 0 Å². The highest BCUT2D eigenvalue weighted by Crippen LogP contribution is 2.15. The Morgan fingerprint density at radius 2 is 2.00 bits per heavy atom. The first-order chi connectivity index (χ1) is 13.0. The number of amides is 1. The number of fused-ring (bicyclic) bond motifs is 2. The molecule has 4 rings (SSSR count). The van der Waals surface area contributed by atoms with Crippen LogP contribution < -0.4 is 5.56 Å². The number of imidazole rings is 1. The Morgan fingerprint density at radius 3 is 2.81 bits per heavy atom. The standard InChI is InChI=1S/C20H23N5O2/c1-13-5-4-8-25-15(12-21-19(13)25)11-18(26)24-9-6-16-17(7-10-24)22-14(2)23(3)20(16)27/h4-5,8,12H,6-7,9-11H2,1-3H3. The lowest BCUT2D eigenvalue weighted by Gasteiger charge is -2.20. The molecule has 0 aromatic carbocycles. The van der Waals surface area contributed by atoms with Crippen LogP contribution in [0.25, 0.3) is 5.65 Å². The van der Waals surface area contributed by atoms with E-state index in [0.29, 0.717) is 38.2 Å². The van der Waals surface area contributed by atoms with Crippen LogP contribution >= 0.6 is 0 Å².